The van der Waals surface area contributed by atoms with Gasteiger partial charge in [0.25, 0.3) is 0 Å². The van der Waals surface area contributed by atoms with Crippen molar-refractivity contribution in [2.75, 3.05) is 7.11 Å². The van der Waals surface area contributed by atoms with Crippen LogP contribution in [-0.4, -0.2) is 34.9 Å². The number of hydrogen-bond acceptors (Lipinski definition) is 4. The third-order valence-electron chi connectivity index (χ3n) is 2.39. The summed E-state index contributed by atoms with van der Waals surface area (Å²) < 4.78 is 6.54. The minimum atomic E-state index is -0.384. The van der Waals surface area contributed by atoms with E-state index >= 15 is 0 Å². The molecule has 5 nitrogen and oxygen atoms in total. The van der Waals surface area contributed by atoms with Crippen molar-refractivity contribution in [1.82, 2.24) is 15.1 Å². The summed E-state index contributed by atoms with van der Waals surface area (Å²) in [6.07, 6.45) is 3.53. The predicted molar refractivity (Wildman–Crippen MR) is 61.0 cm³/mol. The molecule has 0 fully saturated rings. The van der Waals surface area contributed by atoms with Crippen molar-refractivity contribution in [2.24, 2.45) is 0 Å². The lowest BCUT2D eigenvalue weighted by molar-refractivity contribution is -0.144. The van der Waals surface area contributed by atoms with E-state index in [1.807, 2.05) is 33.0 Å². The van der Waals surface area contributed by atoms with Crippen LogP contribution in [0.5, 0.6) is 0 Å². The van der Waals surface area contributed by atoms with Crippen LogP contribution in [-0.2, 0) is 9.53 Å². The first kappa shape index (κ1) is 12.7. The van der Waals surface area contributed by atoms with Crippen LogP contribution in [0.15, 0.2) is 18.5 Å². The molecular formula is C11H19N3O2. The van der Waals surface area contributed by atoms with E-state index in [-0.39, 0.29) is 24.1 Å². The van der Waals surface area contributed by atoms with Crippen molar-refractivity contribution in [2.45, 2.75) is 38.9 Å². The Bertz CT molecular complexity index is 322. The first-order valence-corrected chi connectivity index (χ1v) is 5.39. The fraction of sp³-hybridized carbons (Fsp3) is 0.636. The maximum Gasteiger partial charge on any atom is 0.325 e. The Kier molecular flexibility index (Phi) is 4.49. The maximum absolute atomic E-state index is 11.7. The highest BCUT2D eigenvalue weighted by molar-refractivity contribution is 5.76. The predicted octanol–water partition coefficient (Wildman–Crippen LogP) is 0.984. The zero-order valence-corrected chi connectivity index (χ0v) is 10.2. The van der Waals surface area contributed by atoms with Crippen molar-refractivity contribution in [1.29, 1.82) is 0 Å². The van der Waals surface area contributed by atoms with Gasteiger partial charge in [-0.3, -0.25) is 9.48 Å². The fourth-order valence-corrected chi connectivity index (χ4v) is 1.56. The van der Waals surface area contributed by atoms with Crippen molar-refractivity contribution in [3.05, 3.63) is 18.5 Å². The van der Waals surface area contributed by atoms with Gasteiger partial charge in [0.15, 0.2) is 0 Å². The van der Waals surface area contributed by atoms with Crippen LogP contribution in [0.2, 0.25) is 0 Å². The van der Waals surface area contributed by atoms with Gasteiger partial charge in [0.05, 0.1) is 13.2 Å². The second-order valence-corrected chi connectivity index (χ2v) is 4.05. The van der Waals surface area contributed by atoms with E-state index in [9.17, 15) is 4.79 Å². The second-order valence-electron chi connectivity index (χ2n) is 4.05. The number of ether oxygens (including phenoxy) is 1. The molecule has 0 radical (unpaired) electrons. The molecule has 0 aliphatic heterocycles. The monoisotopic (exact) mass is 225 g/mol. The summed E-state index contributed by atoms with van der Waals surface area (Å²) in [4.78, 5) is 11.7. The van der Waals surface area contributed by atoms with Gasteiger partial charge in [-0.1, -0.05) is 13.8 Å². The minimum absolute atomic E-state index is 0.0788. The molecule has 0 aromatic carbocycles. The summed E-state index contributed by atoms with van der Waals surface area (Å²) in [6.45, 7) is 5.92. The number of esters is 1. The van der Waals surface area contributed by atoms with Crippen LogP contribution in [0.25, 0.3) is 0 Å². The molecule has 16 heavy (non-hydrogen) atoms. The van der Waals surface area contributed by atoms with Gasteiger partial charge in [-0.15, -0.1) is 0 Å². The molecule has 0 bridgehead atoms. The molecule has 1 heterocycles. The van der Waals surface area contributed by atoms with Gasteiger partial charge in [-0.05, 0) is 13.0 Å². The Balaban J connectivity index is 2.79. The van der Waals surface area contributed by atoms with E-state index in [0.717, 1.165) is 0 Å². The van der Waals surface area contributed by atoms with Crippen LogP contribution < -0.4 is 5.32 Å². The van der Waals surface area contributed by atoms with Gasteiger partial charge < -0.3 is 10.1 Å². The van der Waals surface area contributed by atoms with Crippen molar-refractivity contribution in [3.8, 4) is 0 Å². The first-order chi connectivity index (χ1) is 7.56. The number of hydrogen-bond donors (Lipinski definition) is 1. The highest BCUT2D eigenvalue weighted by Crippen LogP contribution is 2.11. The van der Waals surface area contributed by atoms with Gasteiger partial charge in [-0.2, -0.15) is 5.10 Å². The third-order valence-corrected chi connectivity index (χ3v) is 2.39. The Hall–Kier alpha value is -1.36. The summed E-state index contributed by atoms with van der Waals surface area (Å²) in [6, 6.07) is 1.58. The molecule has 90 valence electrons. The molecule has 1 aromatic rings. The maximum atomic E-state index is 11.7. The average Bonchev–Trinajstić information content (AvgIpc) is 2.77. The van der Waals surface area contributed by atoms with E-state index < -0.39 is 0 Å². The molecule has 0 amide bonds. The second kappa shape index (κ2) is 5.65. The fourth-order valence-electron chi connectivity index (χ4n) is 1.56. The minimum Gasteiger partial charge on any atom is -0.468 e. The molecule has 1 aromatic heterocycles. The molecule has 2 atom stereocenters. The van der Waals surface area contributed by atoms with E-state index in [1.165, 1.54) is 7.11 Å². The smallest absolute Gasteiger partial charge is 0.325 e. The van der Waals surface area contributed by atoms with Crippen molar-refractivity contribution < 1.29 is 9.53 Å². The Labute approximate surface area is 95.8 Å². The molecule has 2 unspecified atom stereocenters. The number of nitrogens with zero attached hydrogens (tertiary/aromatic N) is 2. The summed E-state index contributed by atoms with van der Waals surface area (Å²) >= 11 is 0. The number of nitrogens with one attached hydrogen (secondary N) is 1. The molecule has 0 saturated heterocycles. The van der Waals surface area contributed by atoms with E-state index in [1.54, 1.807) is 10.9 Å². The van der Waals surface area contributed by atoms with Crippen LogP contribution in [0.3, 0.4) is 0 Å². The summed E-state index contributed by atoms with van der Waals surface area (Å²) in [5.74, 6) is -0.267. The third kappa shape index (κ3) is 3.06. The molecule has 1 rings (SSSR count). The quantitative estimate of drug-likeness (QED) is 0.759. The summed E-state index contributed by atoms with van der Waals surface area (Å²) in [5.41, 5.74) is 0. The Morgan fingerprint density at radius 3 is 2.56 bits per heavy atom. The SMILES string of the molecule is COC(=O)C(NC(C)C)C(C)n1cccn1. The molecule has 0 aliphatic rings. The van der Waals surface area contributed by atoms with Crippen LogP contribution in [0.1, 0.15) is 26.8 Å². The molecular weight excluding hydrogens is 206 g/mol. The number of rotatable bonds is 5. The van der Waals surface area contributed by atoms with Gasteiger partial charge in [0.2, 0.25) is 0 Å². The summed E-state index contributed by atoms with van der Waals surface area (Å²) in [7, 11) is 1.40. The topological polar surface area (TPSA) is 56.1 Å². The molecule has 5 heteroatoms. The molecule has 0 saturated carbocycles. The zero-order chi connectivity index (χ0) is 12.1. The lowest BCUT2D eigenvalue weighted by Crippen LogP contribution is -2.46. The van der Waals surface area contributed by atoms with Gasteiger partial charge in [0.1, 0.15) is 6.04 Å². The number of carbonyl (C=O) groups is 1. The lowest BCUT2D eigenvalue weighted by atomic mass is 10.1. The van der Waals surface area contributed by atoms with Crippen LogP contribution >= 0.6 is 0 Å². The largest absolute Gasteiger partial charge is 0.468 e. The van der Waals surface area contributed by atoms with Crippen molar-refractivity contribution >= 4 is 5.97 Å². The number of carbonyl (C=O) groups excluding carboxylic acids is 1. The zero-order valence-electron chi connectivity index (χ0n) is 10.2. The van der Waals surface area contributed by atoms with E-state index in [2.05, 4.69) is 10.4 Å². The van der Waals surface area contributed by atoms with Crippen LogP contribution in [0, 0.1) is 0 Å². The highest BCUT2D eigenvalue weighted by Gasteiger charge is 2.27. The van der Waals surface area contributed by atoms with E-state index in [0.29, 0.717) is 0 Å². The van der Waals surface area contributed by atoms with Gasteiger partial charge in [0, 0.05) is 18.4 Å². The van der Waals surface area contributed by atoms with Gasteiger partial charge in [-0.25, -0.2) is 0 Å². The average molecular weight is 225 g/mol. The first-order valence-electron chi connectivity index (χ1n) is 5.39. The Morgan fingerprint density at radius 2 is 2.12 bits per heavy atom. The normalized spacial score (nSPS) is 14.8. The summed E-state index contributed by atoms with van der Waals surface area (Å²) in [5, 5.41) is 7.31. The molecule has 0 aliphatic carbocycles. The van der Waals surface area contributed by atoms with Crippen LogP contribution in [0.4, 0.5) is 0 Å². The number of methoxy groups -OCH3 is 1. The van der Waals surface area contributed by atoms with E-state index in [4.69, 9.17) is 4.74 Å². The molecule has 0 spiro atoms. The standard InChI is InChI=1S/C11H19N3O2/c1-8(2)13-10(11(15)16-4)9(3)14-7-5-6-12-14/h5-10,13H,1-4H3. The molecule has 1 N–H and O–H groups in total. The number of aromatic nitrogens is 2. The highest BCUT2D eigenvalue weighted by atomic mass is 16.5. The van der Waals surface area contributed by atoms with Gasteiger partial charge >= 0.3 is 5.97 Å². The lowest BCUT2D eigenvalue weighted by Gasteiger charge is -2.25. The Morgan fingerprint density at radius 1 is 1.44 bits per heavy atom. The van der Waals surface area contributed by atoms with Crippen molar-refractivity contribution in [3.63, 3.8) is 0 Å².